The molecule has 0 heterocycles. The van der Waals surface area contributed by atoms with E-state index in [-0.39, 0.29) is 18.3 Å². The molecule has 0 bridgehead atoms. The van der Waals surface area contributed by atoms with Crippen LogP contribution < -0.4 is 10.2 Å². The van der Waals surface area contributed by atoms with Gasteiger partial charge in [-0.25, -0.2) is 4.39 Å². The van der Waals surface area contributed by atoms with Gasteiger partial charge in [-0.15, -0.1) is 0 Å². The highest BCUT2D eigenvalue weighted by molar-refractivity contribution is 5.81. The number of hydrogen-bond acceptors (Lipinski definition) is 3. The topological polar surface area (TPSA) is 35.6 Å². The van der Waals surface area contributed by atoms with Gasteiger partial charge in [0, 0.05) is 45.0 Å². The van der Waals surface area contributed by atoms with Crippen molar-refractivity contribution in [1.29, 1.82) is 0 Å². The van der Waals surface area contributed by atoms with Gasteiger partial charge in [0.05, 0.1) is 6.54 Å². The van der Waals surface area contributed by atoms with Crippen molar-refractivity contribution in [2.75, 3.05) is 32.6 Å². The van der Waals surface area contributed by atoms with Crippen molar-refractivity contribution >= 4 is 11.6 Å². The van der Waals surface area contributed by atoms with Crippen molar-refractivity contribution < 1.29 is 9.18 Å². The van der Waals surface area contributed by atoms with E-state index in [1.54, 1.807) is 25.1 Å². The number of carbonyl (C=O) groups is 1. The fourth-order valence-corrected chi connectivity index (χ4v) is 2.04. The van der Waals surface area contributed by atoms with Crippen LogP contribution in [0.25, 0.3) is 0 Å². The summed E-state index contributed by atoms with van der Waals surface area (Å²) < 4.78 is 14.0. The largest absolute Gasteiger partial charge is 0.365 e. The Morgan fingerprint density at radius 1 is 1.35 bits per heavy atom. The molecule has 0 radical (unpaired) electrons. The van der Waals surface area contributed by atoms with E-state index in [4.69, 9.17) is 0 Å². The Hall–Kier alpha value is -1.62. The molecule has 4 nitrogen and oxygen atoms in total. The Labute approximate surface area is 119 Å². The molecule has 1 aromatic rings. The van der Waals surface area contributed by atoms with E-state index in [9.17, 15) is 9.18 Å². The van der Waals surface area contributed by atoms with E-state index in [1.807, 2.05) is 13.1 Å². The second-order valence-corrected chi connectivity index (χ2v) is 5.54. The third-order valence-electron chi connectivity index (χ3n) is 3.52. The monoisotopic (exact) mass is 279 g/mol. The summed E-state index contributed by atoms with van der Waals surface area (Å²) in [5.74, 6) is -0.224. The average Bonchev–Trinajstić information content (AvgIpc) is 3.20. The van der Waals surface area contributed by atoms with Crippen LogP contribution in [-0.4, -0.2) is 44.5 Å². The van der Waals surface area contributed by atoms with E-state index < -0.39 is 0 Å². The number of rotatable bonds is 6. The minimum atomic E-state index is -0.222. The molecule has 1 aliphatic rings. The third-order valence-corrected chi connectivity index (χ3v) is 3.52. The van der Waals surface area contributed by atoms with Crippen molar-refractivity contribution in [1.82, 2.24) is 10.2 Å². The molecule has 1 saturated carbocycles. The smallest absolute Gasteiger partial charge is 0.241 e. The molecule has 110 valence electrons. The van der Waals surface area contributed by atoms with Crippen molar-refractivity contribution in [2.45, 2.75) is 25.4 Å². The van der Waals surface area contributed by atoms with Crippen LogP contribution in [0.3, 0.4) is 0 Å². The fourth-order valence-electron chi connectivity index (χ4n) is 2.04. The molecule has 0 aromatic heterocycles. The van der Waals surface area contributed by atoms with E-state index >= 15 is 0 Å². The van der Waals surface area contributed by atoms with Crippen LogP contribution in [0.4, 0.5) is 10.1 Å². The summed E-state index contributed by atoms with van der Waals surface area (Å²) in [6.45, 7) is 0.750. The van der Waals surface area contributed by atoms with Crippen molar-refractivity contribution in [3.8, 4) is 0 Å². The van der Waals surface area contributed by atoms with Crippen LogP contribution >= 0.6 is 0 Å². The number of hydrogen-bond donors (Lipinski definition) is 1. The standard InChI is InChI=1S/C15H22FN3O/c1-18(2)15(20)10-19(3)14-6-4-5-13(16)12(14)9-17-11-7-8-11/h4-6,11,17H,7-10H2,1-3H3. The SMILES string of the molecule is CN(C)C(=O)CN(C)c1cccc(F)c1CNC1CC1. The molecule has 0 atom stereocenters. The first-order chi connectivity index (χ1) is 9.49. The first-order valence-corrected chi connectivity index (χ1v) is 6.91. The van der Waals surface area contributed by atoms with Crippen LogP contribution in [0, 0.1) is 5.82 Å². The van der Waals surface area contributed by atoms with Gasteiger partial charge >= 0.3 is 0 Å². The maximum absolute atomic E-state index is 14.0. The maximum Gasteiger partial charge on any atom is 0.241 e. The quantitative estimate of drug-likeness (QED) is 0.859. The Morgan fingerprint density at radius 2 is 2.05 bits per heavy atom. The number of halogens is 1. The number of benzene rings is 1. The van der Waals surface area contributed by atoms with Gasteiger partial charge < -0.3 is 15.1 Å². The zero-order valence-corrected chi connectivity index (χ0v) is 12.3. The molecule has 1 fully saturated rings. The number of nitrogens with one attached hydrogen (secondary N) is 1. The first-order valence-electron chi connectivity index (χ1n) is 6.91. The van der Waals surface area contributed by atoms with Crippen molar-refractivity contribution in [2.24, 2.45) is 0 Å². The van der Waals surface area contributed by atoms with Crippen LogP contribution in [0.15, 0.2) is 18.2 Å². The highest BCUT2D eigenvalue weighted by atomic mass is 19.1. The molecule has 0 aliphatic heterocycles. The first kappa shape index (κ1) is 14.8. The second-order valence-electron chi connectivity index (χ2n) is 5.54. The third kappa shape index (κ3) is 3.70. The summed E-state index contributed by atoms with van der Waals surface area (Å²) in [6.07, 6.45) is 2.33. The molecule has 1 aromatic carbocycles. The molecular formula is C15H22FN3O. The van der Waals surface area contributed by atoms with Crippen LogP contribution in [0.1, 0.15) is 18.4 Å². The van der Waals surface area contributed by atoms with Crippen molar-refractivity contribution in [3.05, 3.63) is 29.6 Å². The van der Waals surface area contributed by atoms with E-state index in [0.717, 1.165) is 5.69 Å². The van der Waals surface area contributed by atoms with Gasteiger partial charge in [-0.2, -0.15) is 0 Å². The lowest BCUT2D eigenvalue weighted by Gasteiger charge is -2.24. The number of carbonyl (C=O) groups excluding carboxylic acids is 1. The summed E-state index contributed by atoms with van der Waals surface area (Å²) in [5, 5.41) is 3.32. The Kier molecular flexibility index (Phi) is 4.60. The summed E-state index contributed by atoms with van der Waals surface area (Å²) in [5.41, 5.74) is 1.40. The molecule has 20 heavy (non-hydrogen) atoms. The maximum atomic E-state index is 14.0. The van der Waals surface area contributed by atoms with Gasteiger partial charge in [-0.1, -0.05) is 6.07 Å². The zero-order chi connectivity index (χ0) is 14.7. The number of amides is 1. The highest BCUT2D eigenvalue weighted by Crippen LogP contribution is 2.25. The van der Waals surface area contributed by atoms with Crippen LogP contribution in [0.5, 0.6) is 0 Å². The summed E-state index contributed by atoms with van der Waals surface area (Å²) >= 11 is 0. The predicted octanol–water partition coefficient (Wildman–Crippen LogP) is 1.60. The normalized spacial score (nSPS) is 14.2. The van der Waals surface area contributed by atoms with E-state index in [2.05, 4.69) is 5.32 Å². The molecule has 0 saturated heterocycles. The fraction of sp³-hybridized carbons (Fsp3) is 0.533. The molecule has 2 rings (SSSR count). The molecule has 0 unspecified atom stereocenters. The predicted molar refractivity (Wildman–Crippen MR) is 78.2 cm³/mol. The Morgan fingerprint density at radius 3 is 2.65 bits per heavy atom. The lowest BCUT2D eigenvalue weighted by Crippen LogP contribution is -2.35. The number of anilines is 1. The lowest BCUT2D eigenvalue weighted by molar-refractivity contribution is -0.127. The van der Waals surface area contributed by atoms with Gasteiger partial charge in [-0.05, 0) is 25.0 Å². The molecule has 1 N–H and O–H groups in total. The number of likely N-dealkylation sites (N-methyl/N-ethyl adjacent to an activating group) is 2. The Balaban J connectivity index is 2.11. The van der Waals surface area contributed by atoms with Gasteiger partial charge in [0.2, 0.25) is 5.91 Å². The highest BCUT2D eigenvalue weighted by Gasteiger charge is 2.22. The molecule has 1 amide bonds. The summed E-state index contributed by atoms with van der Waals surface area (Å²) in [6, 6.07) is 5.53. The van der Waals surface area contributed by atoms with E-state index in [1.165, 1.54) is 23.8 Å². The van der Waals surface area contributed by atoms with Gasteiger partial charge in [0.15, 0.2) is 0 Å². The zero-order valence-electron chi connectivity index (χ0n) is 12.3. The van der Waals surface area contributed by atoms with Crippen LogP contribution in [0.2, 0.25) is 0 Å². The van der Waals surface area contributed by atoms with Crippen molar-refractivity contribution in [3.63, 3.8) is 0 Å². The summed E-state index contributed by atoms with van der Waals surface area (Å²) in [4.78, 5) is 15.1. The minimum Gasteiger partial charge on any atom is -0.365 e. The lowest BCUT2D eigenvalue weighted by atomic mass is 10.1. The van der Waals surface area contributed by atoms with Crippen LogP contribution in [-0.2, 0) is 11.3 Å². The molecular weight excluding hydrogens is 257 g/mol. The Bertz CT molecular complexity index is 486. The molecule has 1 aliphatic carbocycles. The minimum absolute atomic E-state index is 0.00198. The van der Waals surface area contributed by atoms with Gasteiger partial charge in [-0.3, -0.25) is 4.79 Å². The average molecular weight is 279 g/mol. The van der Waals surface area contributed by atoms with Gasteiger partial charge in [0.25, 0.3) is 0 Å². The van der Waals surface area contributed by atoms with Gasteiger partial charge in [0.1, 0.15) is 5.82 Å². The molecule has 0 spiro atoms. The second kappa shape index (κ2) is 6.22. The molecule has 5 heteroatoms. The number of nitrogens with zero attached hydrogens (tertiary/aromatic N) is 2. The summed E-state index contributed by atoms with van der Waals surface area (Å²) in [7, 11) is 5.26. The van der Waals surface area contributed by atoms with E-state index in [0.29, 0.717) is 18.2 Å².